The van der Waals surface area contributed by atoms with Gasteiger partial charge >= 0.3 is 5.97 Å². The minimum atomic E-state index is -1.08. The molecule has 1 rings (SSSR count). The van der Waals surface area contributed by atoms with Crippen LogP contribution in [0.15, 0.2) is 22.7 Å². The predicted octanol–water partition coefficient (Wildman–Crippen LogP) is 2.75. The van der Waals surface area contributed by atoms with Crippen LogP contribution < -0.4 is 5.73 Å². The van der Waals surface area contributed by atoms with Crippen molar-refractivity contribution in [3.05, 3.63) is 34.1 Å². The number of methoxy groups -OCH3 is 1. The van der Waals surface area contributed by atoms with Crippen LogP contribution in [0.5, 0.6) is 0 Å². The Bertz CT molecular complexity index is 412. The molecule has 0 heterocycles. The molecular weight excluding hydrogens is 312 g/mol. The van der Waals surface area contributed by atoms with E-state index in [0.29, 0.717) is 4.47 Å². The molecule has 1 aromatic carbocycles. The van der Waals surface area contributed by atoms with Crippen LogP contribution in [0.1, 0.15) is 18.9 Å². The molecule has 0 aliphatic rings. The van der Waals surface area contributed by atoms with E-state index in [2.05, 4.69) is 20.7 Å². The van der Waals surface area contributed by atoms with Crippen LogP contribution in [-0.4, -0.2) is 13.1 Å². The van der Waals surface area contributed by atoms with Crippen LogP contribution in [0.4, 0.5) is 4.39 Å². The van der Waals surface area contributed by atoms with Gasteiger partial charge in [0.05, 0.1) is 19.1 Å². The van der Waals surface area contributed by atoms with Crippen molar-refractivity contribution in [1.82, 2.24) is 0 Å². The number of rotatable bonds is 3. The summed E-state index contributed by atoms with van der Waals surface area (Å²) < 4.78 is 18.8. The number of hydrogen-bond acceptors (Lipinski definition) is 3. The van der Waals surface area contributed by atoms with Gasteiger partial charge in [-0.15, -0.1) is 12.4 Å². The first-order valence-electron chi connectivity index (χ1n) is 4.68. The van der Waals surface area contributed by atoms with Gasteiger partial charge in [-0.05, 0) is 25.1 Å². The maximum Gasteiger partial charge on any atom is 0.307 e. The standard InChI is InChI=1S/C11H13BrFNO2.ClH/c1-11(14,6-10(15)16-2)8-5-7(12)3-4-9(8)13;/h3-5H,6,14H2,1-2H3;1H. The summed E-state index contributed by atoms with van der Waals surface area (Å²) >= 11 is 3.23. The summed E-state index contributed by atoms with van der Waals surface area (Å²) in [4.78, 5) is 11.2. The molecule has 1 unspecified atom stereocenters. The van der Waals surface area contributed by atoms with E-state index >= 15 is 0 Å². The third-order valence-corrected chi connectivity index (χ3v) is 2.78. The third-order valence-electron chi connectivity index (χ3n) is 2.28. The van der Waals surface area contributed by atoms with E-state index < -0.39 is 17.3 Å². The molecule has 0 bridgehead atoms. The minimum absolute atomic E-state index is 0. The van der Waals surface area contributed by atoms with Gasteiger partial charge in [0.1, 0.15) is 5.82 Å². The molecule has 0 amide bonds. The molecule has 1 aromatic rings. The van der Waals surface area contributed by atoms with Crippen molar-refractivity contribution in [3.8, 4) is 0 Å². The summed E-state index contributed by atoms with van der Waals surface area (Å²) in [5.41, 5.74) is 5.12. The van der Waals surface area contributed by atoms with Gasteiger partial charge in [-0.3, -0.25) is 4.79 Å². The number of esters is 1. The molecule has 0 radical (unpaired) electrons. The van der Waals surface area contributed by atoms with Crippen LogP contribution in [0.25, 0.3) is 0 Å². The Labute approximate surface area is 114 Å². The minimum Gasteiger partial charge on any atom is -0.469 e. The van der Waals surface area contributed by atoms with Crippen molar-refractivity contribution < 1.29 is 13.9 Å². The summed E-state index contributed by atoms with van der Waals surface area (Å²) in [7, 11) is 1.27. The van der Waals surface area contributed by atoms with Crippen molar-refractivity contribution in [1.29, 1.82) is 0 Å². The second-order valence-electron chi connectivity index (χ2n) is 3.79. The van der Waals surface area contributed by atoms with Crippen LogP contribution in [-0.2, 0) is 15.1 Å². The zero-order chi connectivity index (χ0) is 12.3. The summed E-state index contributed by atoms with van der Waals surface area (Å²) in [6, 6.07) is 4.45. The van der Waals surface area contributed by atoms with Crippen molar-refractivity contribution in [3.63, 3.8) is 0 Å². The molecule has 0 aliphatic heterocycles. The molecule has 0 saturated carbocycles. The fourth-order valence-corrected chi connectivity index (χ4v) is 1.76. The van der Waals surface area contributed by atoms with E-state index in [0.717, 1.165) is 0 Å². The lowest BCUT2D eigenvalue weighted by atomic mass is 9.89. The summed E-state index contributed by atoms with van der Waals surface area (Å²) in [6.45, 7) is 1.59. The van der Waals surface area contributed by atoms with E-state index in [1.165, 1.54) is 13.2 Å². The molecule has 0 aliphatic carbocycles. The van der Waals surface area contributed by atoms with Crippen molar-refractivity contribution in [2.24, 2.45) is 5.73 Å². The van der Waals surface area contributed by atoms with Crippen molar-refractivity contribution >= 4 is 34.3 Å². The Morgan fingerprint density at radius 3 is 2.71 bits per heavy atom. The molecule has 0 aromatic heterocycles. The number of nitrogens with two attached hydrogens (primary N) is 1. The number of carbonyl (C=O) groups is 1. The second-order valence-corrected chi connectivity index (χ2v) is 4.71. The Morgan fingerprint density at radius 1 is 1.59 bits per heavy atom. The zero-order valence-electron chi connectivity index (χ0n) is 9.50. The maximum absolute atomic E-state index is 13.6. The highest BCUT2D eigenvalue weighted by atomic mass is 79.9. The number of ether oxygens (including phenoxy) is 1. The lowest BCUT2D eigenvalue weighted by Crippen LogP contribution is -2.36. The first-order valence-corrected chi connectivity index (χ1v) is 5.47. The fraction of sp³-hybridized carbons (Fsp3) is 0.364. The van der Waals surface area contributed by atoms with Crippen LogP contribution >= 0.6 is 28.3 Å². The highest BCUT2D eigenvalue weighted by Crippen LogP contribution is 2.27. The molecule has 6 heteroatoms. The molecule has 96 valence electrons. The average Bonchev–Trinajstić information content (AvgIpc) is 2.20. The molecule has 1 atom stereocenters. The van der Waals surface area contributed by atoms with Crippen LogP contribution in [0.3, 0.4) is 0 Å². The summed E-state index contributed by atoms with van der Waals surface area (Å²) in [6.07, 6.45) is -0.0725. The molecule has 3 nitrogen and oxygen atoms in total. The quantitative estimate of drug-likeness (QED) is 0.869. The summed E-state index contributed by atoms with van der Waals surface area (Å²) in [5, 5.41) is 0. The van der Waals surface area contributed by atoms with E-state index in [-0.39, 0.29) is 24.4 Å². The van der Waals surface area contributed by atoms with Gasteiger partial charge in [0, 0.05) is 10.0 Å². The Hall–Kier alpha value is -0.650. The Morgan fingerprint density at radius 2 is 2.18 bits per heavy atom. The van der Waals surface area contributed by atoms with Gasteiger partial charge in [-0.2, -0.15) is 0 Å². The number of carbonyl (C=O) groups excluding carboxylic acids is 1. The smallest absolute Gasteiger partial charge is 0.307 e. The molecule has 17 heavy (non-hydrogen) atoms. The molecule has 0 fully saturated rings. The van der Waals surface area contributed by atoms with E-state index in [4.69, 9.17) is 5.73 Å². The predicted molar refractivity (Wildman–Crippen MR) is 69.5 cm³/mol. The summed E-state index contributed by atoms with van der Waals surface area (Å²) in [5.74, 6) is -0.901. The lowest BCUT2D eigenvalue weighted by molar-refractivity contribution is -0.142. The molecular formula is C11H14BrClFNO2. The Kier molecular flexibility index (Phi) is 6.09. The lowest BCUT2D eigenvalue weighted by Gasteiger charge is -2.24. The highest BCUT2D eigenvalue weighted by Gasteiger charge is 2.28. The van der Waals surface area contributed by atoms with Gasteiger partial charge in [-0.1, -0.05) is 15.9 Å². The molecule has 2 N–H and O–H groups in total. The van der Waals surface area contributed by atoms with E-state index in [9.17, 15) is 9.18 Å². The topological polar surface area (TPSA) is 52.3 Å². The first-order chi connectivity index (χ1) is 7.36. The molecule has 0 saturated heterocycles. The zero-order valence-corrected chi connectivity index (χ0v) is 11.9. The maximum atomic E-state index is 13.6. The van der Waals surface area contributed by atoms with Gasteiger partial charge in [0.2, 0.25) is 0 Å². The van der Waals surface area contributed by atoms with Gasteiger partial charge in [0.25, 0.3) is 0 Å². The van der Waals surface area contributed by atoms with E-state index in [1.54, 1.807) is 19.1 Å². The largest absolute Gasteiger partial charge is 0.469 e. The van der Waals surface area contributed by atoms with Crippen molar-refractivity contribution in [2.75, 3.05) is 7.11 Å². The average molecular weight is 327 g/mol. The van der Waals surface area contributed by atoms with Gasteiger partial charge in [0.15, 0.2) is 0 Å². The fourth-order valence-electron chi connectivity index (χ4n) is 1.40. The SMILES string of the molecule is COC(=O)CC(C)(N)c1cc(Br)ccc1F.Cl. The number of benzene rings is 1. The first kappa shape index (κ1) is 16.4. The third kappa shape index (κ3) is 4.26. The van der Waals surface area contributed by atoms with E-state index in [1.807, 2.05) is 0 Å². The van der Waals surface area contributed by atoms with Gasteiger partial charge < -0.3 is 10.5 Å². The monoisotopic (exact) mass is 325 g/mol. The number of hydrogen-bond donors (Lipinski definition) is 1. The van der Waals surface area contributed by atoms with Gasteiger partial charge in [-0.25, -0.2) is 4.39 Å². The molecule has 0 spiro atoms. The van der Waals surface area contributed by atoms with Crippen molar-refractivity contribution in [2.45, 2.75) is 18.9 Å². The highest BCUT2D eigenvalue weighted by molar-refractivity contribution is 9.10. The second kappa shape index (κ2) is 6.33. The Balaban J connectivity index is 0.00000256. The van der Waals surface area contributed by atoms with Crippen LogP contribution in [0, 0.1) is 5.82 Å². The number of halogens is 3. The normalized spacial score (nSPS) is 13.5. The van der Waals surface area contributed by atoms with Crippen LogP contribution in [0.2, 0.25) is 0 Å².